The van der Waals surface area contributed by atoms with E-state index in [1.165, 1.54) is 18.4 Å². The lowest BCUT2D eigenvalue weighted by atomic mass is 10.0. The third-order valence-corrected chi connectivity index (χ3v) is 3.70. The molecule has 1 N–H and O–H groups in total. The fourth-order valence-electron chi connectivity index (χ4n) is 2.41. The summed E-state index contributed by atoms with van der Waals surface area (Å²) in [5.74, 6) is 0.757. The average Bonchev–Trinajstić information content (AvgIpc) is 2.99. The van der Waals surface area contributed by atoms with Crippen LogP contribution in [-0.4, -0.2) is 26.2 Å². The number of hydrogen-bond donors (Lipinski definition) is 1. The van der Waals surface area contributed by atoms with Crippen LogP contribution in [0.5, 0.6) is 0 Å². The fourth-order valence-corrected chi connectivity index (χ4v) is 2.41. The molecule has 1 heterocycles. The molecule has 2 unspecified atom stereocenters. The van der Waals surface area contributed by atoms with E-state index in [0.29, 0.717) is 12.1 Å². The fraction of sp³-hybridized carbons (Fsp3) is 0.562. The van der Waals surface area contributed by atoms with E-state index in [9.17, 15) is 0 Å². The molecule has 5 heteroatoms. The van der Waals surface area contributed by atoms with E-state index in [-0.39, 0.29) is 0 Å². The SMILES string of the molecule is CC(C)CCC(C)NC(C)c1cccc(-n2cnnn2)c1. The van der Waals surface area contributed by atoms with Gasteiger partial charge in [-0.25, -0.2) is 4.68 Å². The summed E-state index contributed by atoms with van der Waals surface area (Å²) in [6, 6.07) is 9.14. The van der Waals surface area contributed by atoms with Crippen molar-refractivity contribution in [1.29, 1.82) is 0 Å². The number of aromatic nitrogens is 4. The zero-order valence-electron chi connectivity index (χ0n) is 13.3. The predicted octanol–water partition coefficient (Wildman–Crippen LogP) is 3.14. The van der Waals surface area contributed by atoms with E-state index in [1.807, 2.05) is 12.1 Å². The highest BCUT2D eigenvalue weighted by Crippen LogP contribution is 2.18. The lowest BCUT2D eigenvalue weighted by Crippen LogP contribution is -2.29. The summed E-state index contributed by atoms with van der Waals surface area (Å²) in [5.41, 5.74) is 2.24. The second-order valence-corrected chi connectivity index (χ2v) is 6.11. The highest BCUT2D eigenvalue weighted by atomic mass is 15.5. The molecule has 2 aromatic rings. The van der Waals surface area contributed by atoms with E-state index in [4.69, 9.17) is 0 Å². The Kier molecular flexibility index (Phi) is 5.44. The van der Waals surface area contributed by atoms with Crippen LogP contribution in [0.15, 0.2) is 30.6 Å². The maximum Gasteiger partial charge on any atom is 0.143 e. The van der Waals surface area contributed by atoms with Gasteiger partial charge in [-0.1, -0.05) is 26.0 Å². The summed E-state index contributed by atoms with van der Waals surface area (Å²) in [6.45, 7) is 8.99. The van der Waals surface area contributed by atoms with Crippen molar-refractivity contribution >= 4 is 0 Å². The Hall–Kier alpha value is -1.75. The number of benzene rings is 1. The number of rotatable bonds is 7. The molecule has 0 saturated heterocycles. The molecule has 0 fully saturated rings. The van der Waals surface area contributed by atoms with Gasteiger partial charge in [-0.3, -0.25) is 0 Å². The third-order valence-electron chi connectivity index (χ3n) is 3.70. The maximum atomic E-state index is 3.93. The number of tetrazole rings is 1. The number of hydrogen-bond acceptors (Lipinski definition) is 4. The van der Waals surface area contributed by atoms with Gasteiger partial charge in [-0.05, 0) is 60.7 Å². The van der Waals surface area contributed by atoms with Crippen LogP contribution in [0.1, 0.15) is 52.1 Å². The molecule has 2 rings (SSSR count). The van der Waals surface area contributed by atoms with Crippen LogP contribution in [0.2, 0.25) is 0 Å². The van der Waals surface area contributed by atoms with Crippen LogP contribution in [0.3, 0.4) is 0 Å². The van der Waals surface area contributed by atoms with Crippen LogP contribution in [0.25, 0.3) is 5.69 Å². The van der Waals surface area contributed by atoms with E-state index >= 15 is 0 Å². The summed E-state index contributed by atoms with van der Waals surface area (Å²) in [6.07, 6.45) is 4.07. The minimum Gasteiger partial charge on any atom is -0.308 e. The second-order valence-electron chi connectivity index (χ2n) is 6.11. The van der Waals surface area contributed by atoms with E-state index in [0.717, 1.165) is 11.6 Å². The van der Waals surface area contributed by atoms with Crippen LogP contribution < -0.4 is 5.32 Å². The minimum atomic E-state index is 0.309. The molecule has 0 saturated carbocycles. The maximum absolute atomic E-state index is 3.93. The predicted molar refractivity (Wildman–Crippen MR) is 84.2 cm³/mol. The van der Waals surface area contributed by atoms with Gasteiger partial charge in [-0.2, -0.15) is 0 Å². The van der Waals surface area contributed by atoms with Gasteiger partial charge in [0.15, 0.2) is 0 Å². The summed E-state index contributed by atoms with van der Waals surface area (Å²) in [4.78, 5) is 0. The molecule has 0 amide bonds. The molecule has 0 radical (unpaired) electrons. The highest BCUT2D eigenvalue weighted by molar-refractivity contribution is 5.35. The molecular weight excluding hydrogens is 262 g/mol. The van der Waals surface area contributed by atoms with Crippen LogP contribution >= 0.6 is 0 Å². The Morgan fingerprint density at radius 2 is 1.95 bits per heavy atom. The second kappa shape index (κ2) is 7.31. The monoisotopic (exact) mass is 287 g/mol. The van der Waals surface area contributed by atoms with Crippen LogP contribution in [0, 0.1) is 5.92 Å². The standard InChI is InChI=1S/C16H25N5/c1-12(2)8-9-13(3)18-14(4)15-6-5-7-16(10-15)21-11-17-19-20-21/h5-7,10-14,18H,8-9H2,1-4H3. The largest absolute Gasteiger partial charge is 0.308 e. The van der Waals surface area contributed by atoms with Crippen molar-refractivity contribution in [1.82, 2.24) is 25.5 Å². The molecule has 1 aromatic heterocycles. The Labute approximate surface area is 126 Å². The molecule has 0 bridgehead atoms. The van der Waals surface area contributed by atoms with Crippen molar-refractivity contribution in [2.75, 3.05) is 0 Å². The summed E-state index contributed by atoms with van der Waals surface area (Å²) in [5, 5.41) is 15.0. The Bertz CT molecular complexity index is 535. The summed E-state index contributed by atoms with van der Waals surface area (Å²) >= 11 is 0. The van der Waals surface area contributed by atoms with Crippen molar-refractivity contribution in [3.8, 4) is 5.69 Å². The molecule has 114 valence electrons. The van der Waals surface area contributed by atoms with Crippen molar-refractivity contribution in [3.05, 3.63) is 36.2 Å². The van der Waals surface area contributed by atoms with E-state index < -0.39 is 0 Å². The Balaban J connectivity index is 1.99. The molecule has 0 aliphatic carbocycles. The van der Waals surface area contributed by atoms with Crippen molar-refractivity contribution in [2.45, 2.75) is 52.6 Å². The van der Waals surface area contributed by atoms with Gasteiger partial charge in [0.1, 0.15) is 6.33 Å². The molecular formula is C16H25N5. The van der Waals surface area contributed by atoms with Gasteiger partial charge < -0.3 is 5.32 Å². The van der Waals surface area contributed by atoms with Gasteiger partial charge in [0.05, 0.1) is 5.69 Å². The topological polar surface area (TPSA) is 55.6 Å². The first-order valence-electron chi connectivity index (χ1n) is 7.65. The average molecular weight is 287 g/mol. The lowest BCUT2D eigenvalue weighted by molar-refractivity contribution is 0.417. The van der Waals surface area contributed by atoms with Crippen LogP contribution in [0.4, 0.5) is 0 Å². The number of nitrogens with one attached hydrogen (secondary N) is 1. The zero-order chi connectivity index (χ0) is 15.2. The minimum absolute atomic E-state index is 0.309. The molecule has 0 spiro atoms. The zero-order valence-corrected chi connectivity index (χ0v) is 13.3. The van der Waals surface area contributed by atoms with Gasteiger partial charge in [0.25, 0.3) is 0 Å². The van der Waals surface area contributed by atoms with E-state index in [2.05, 4.69) is 60.7 Å². The van der Waals surface area contributed by atoms with Gasteiger partial charge >= 0.3 is 0 Å². The summed E-state index contributed by atoms with van der Waals surface area (Å²) < 4.78 is 1.68. The van der Waals surface area contributed by atoms with Crippen molar-refractivity contribution in [2.24, 2.45) is 5.92 Å². The molecule has 5 nitrogen and oxygen atoms in total. The van der Waals surface area contributed by atoms with Crippen molar-refractivity contribution in [3.63, 3.8) is 0 Å². The smallest absolute Gasteiger partial charge is 0.143 e. The van der Waals surface area contributed by atoms with Crippen molar-refractivity contribution < 1.29 is 0 Å². The van der Waals surface area contributed by atoms with Gasteiger partial charge in [0.2, 0.25) is 0 Å². The van der Waals surface area contributed by atoms with E-state index in [1.54, 1.807) is 11.0 Å². The first-order chi connectivity index (χ1) is 10.1. The molecule has 1 aromatic carbocycles. The molecule has 0 aliphatic rings. The molecule has 21 heavy (non-hydrogen) atoms. The highest BCUT2D eigenvalue weighted by Gasteiger charge is 2.11. The third kappa shape index (κ3) is 4.63. The quantitative estimate of drug-likeness (QED) is 0.850. The Morgan fingerprint density at radius 3 is 2.62 bits per heavy atom. The van der Waals surface area contributed by atoms with Crippen LogP contribution in [-0.2, 0) is 0 Å². The van der Waals surface area contributed by atoms with Gasteiger partial charge in [0, 0.05) is 12.1 Å². The summed E-state index contributed by atoms with van der Waals surface area (Å²) in [7, 11) is 0. The number of nitrogens with zero attached hydrogens (tertiary/aromatic N) is 4. The normalized spacial score (nSPS) is 14.3. The molecule has 2 atom stereocenters. The lowest BCUT2D eigenvalue weighted by Gasteiger charge is -2.21. The Morgan fingerprint density at radius 1 is 1.14 bits per heavy atom. The molecule has 0 aliphatic heterocycles. The first kappa shape index (κ1) is 15.6. The van der Waals surface area contributed by atoms with Gasteiger partial charge in [-0.15, -0.1) is 5.10 Å². The first-order valence-corrected chi connectivity index (χ1v) is 7.65.